The quantitative estimate of drug-likeness (QED) is 0.408. The number of hydrogen-bond acceptors (Lipinski definition) is 6. The summed E-state index contributed by atoms with van der Waals surface area (Å²) in [4.78, 5) is 41.2. The van der Waals surface area contributed by atoms with Crippen molar-refractivity contribution >= 4 is 23.6 Å². The monoisotopic (exact) mass is 543 g/mol. The molecule has 2 fully saturated rings. The number of ether oxygens (including phenoxy) is 3. The van der Waals surface area contributed by atoms with E-state index in [9.17, 15) is 14.4 Å². The van der Waals surface area contributed by atoms with Gasteiger partial charge >= 0.3 is 6.09 Å². The molecule has 2 aliphatic rings. The maximum atomic E-state index is 13.6. The summed E-state index contributed by atoms with van der Waals surface area (Å²) in [5.74, 6) is -0.206. The molecule has 3 aromatic carbocycles. The number of amides is 3. The summed E-state index contributed by atoms with van der Waals surface area (Å²) in [7, 11) is 1.51. The molecule has 208 valence electrons. The number of hydrogen-bond donors (Lipinski definition) is 2. The van der Waals surface area contributed by atoms with Gasteiger partial charge in [-0.25, -0.2) is 4.79 Å². The van der Waals surface area contributed by atoms with Gasteiger partial charge in [-0.15, -0.1) is 0 Å². The highest BCUT2D eigenvalue weighted by atomic mass is 16.6. The highest BCUT2D eigenvalue weighted by Crippen LogP contribution is 2.35. The van der Waals surface area contributed by atoms with E-state index >= 15 is 0 Å². The second-order valence-electron chi connectivity index (χ2n) is 10.0. The van der Waals surface area contributed by atoms with Crippen molar-refractivity contribution < 1.29 is 28.6 Å². The van der Waals surface area contributed by atoms with Crippen LogP contribution in [0.2, 0.25) is 0 Å². The van der Waals surface area contributed by atoms with Crippen molar-refractivity contribution in [2.24, 2.45) is 0 Å². The van der Waals surface area contributed by atoms with Gasteiger partial charge in [-0.2, -0.15) is 0 Å². The Kier molecular flexibility index (Phi) is 8.31. The minimum Gasteiger partial charge on any atom is -0.496 e. The summed E-state index contributed by atoms with van der Waals surface area (Å²) in [5.41, 5.74) is 3.47. The van der Waals surface area contributed by atoms with E-state index in [4.69, 9.17) is 14.2 Å². The van der Waals surface area contributed by atoms with E-state index in [-0.39, 0.29) is 24.5 Å². The summed E-state index contributed by atoms with van der Waals surface area (Å²) in [6, 6.07) is 20.8. The number of methoxy groups -OCH3 is 1. The van der Waals surface area contributed by atoms with Gasteiger partial charge in [0.15, 0.2) is 12.1 Å². The SMILES string of the molecule is COc1ccccc1C(=O)Nc1cccc(C2OC(=O)N(Cc3ccc(C)cc3)C2C(=O)NCC2CCCO2)c1. The van der Waals surface area contributed by atoms with Gasteiger partial charge < -0.3 is 24.8 Å². The van der Waals surface area contributed by atoms with Gasteiger partial charge in [0, 0.05) is 18.8 Å². The zero-order valence-electron chi connectivity index (χ0n) is 22.6. The standard InChI is InChI=1S/C31H33N3O6/c1-20-12-14-21(15-13-20)19-34-27(30(36)32-18-24-9-6-16-39-24)28(40-31(34)37)22-7-5-8-23(17-22)33-29(35)25-10-3-4-11-26(25)38-2/h3-5,7-8,10-15,17,24,27-28H,6,9,16,18-19H2,1-2H3,(H,32,36)(H,33,35). The second kappa shape index (κ2) is 12.2. The second-order valence-corrected chi connectivity index (χ2v) is 10.0. The molecular weight excluding hydrogens is 510 g/mol. The topological polar surface area (TPSA) is 106 Å². The molecule has 2 aliphatic heterocycles. The zero-order valence-corrected chi connectivity index (χ0v) is 22.6. The molecule has 3 amide bonds. The first-order valence-corrected chi connectivity index (χ1v) is 13.4. The molecule has 0 aromatic heterocycles. The molecule has 3 atom stereocenters. The Morgan fingerprint density at radius 1 is 1.05 bits per heavy atom. The minimum absolute atomic E-state index is 0.0421. The number of nitrogens with zero attached hydrogens (tertiary/aromatic N) is 1. The smallest absolute Gasteiger partial charge is 0.411 e. The van der Waals surface area contributed by atoms with Gasteiger partial charge in [-0.1, -0.05) is 54.1 Å². The summed E-state index contributed by atoms with van der Waals surface area (Å²) in [6.45, 7) is 3.26. The van der Waals surface area contributed by atoms with Gasteiger partial charge in [0.1, 0.15) is 5.75 Å². The van der Waals surface area contributed by atoms with Crippen LogP contribution in [0.3, 0.4) is 0 Å². The van der Waals surface area contributed by atoms with Crippen LogP contribution in [0.25, 0.3) is 0 Å². The van der Waals surface area contributed by atoms with Crippen LogP contribution in [-0.4, -0.2) is 55.2 Å². The lowest BCUT2D eigenvalue weighted by molar-refractivity contribution is -0.126. The van der Waals surface area contributed by atoms with Crippen LogP contribution in [0.15, 0.2) is 72.8 Å². The van der Waals surface area contributed by atoms with Gasteiger partial charge in [-0.3, -0.25) is 14.5 Å². The van der Waals surface area contributed by atoms with Crippen molar-refractivity contribution in [3.05, 3.63) is 95.1 Å². The predicted octanol–water partition coefficient (Wildman–Crippen LogP) is 4.61. The maximum Gasteiger partial charge on any atom is 0.411 e. The van der Waals surface area contributed by atoms with E-state index < -0.39 is 18.2 Å². The number of benzene rings is 3. The normalized spacial score (nSPS) is 20.2. The summed E-state index contributed by atoms with van der Waals surface area (Å²) in [5, 5.41) is 5.85. The largest absolute Gasteiger partial charge is 0.496 e. The molecule has 2 saturated heterocycles. The molecule has 5 rings (SSSR count). The van der Waals surface area contributed by atoms with Crippen molar-refractivity contribution in [1.29, 1.82) is 0 Å². The fourth-order valence-corrected chi connectivity index (χ4v) is 5.05. The molecule has 0 bridgehead atoms. The van der Waals surface area contributed by atoms with Crippen LogP contribution in [0.1, 0.15) is 46.0 Å². The highest BCUT2D eigenvalue weighted by molar-refractivity contribution is 6.06. The van der Waals surface area contributed by atoms with E-state index in [0.29, 0.717) is 35.7 Å². The highest BCUT2D eigenvalue weighted by Gasteiger charge is 2.47. The lowest BCUT2D eigenvalue weighted by Crippen LogP contribution is -2.47. The number of para-hydroxylation sites is 1. The average molecular weight is 544 g/mol. The van der Waals surface area contributed by atoms with E-state index in [1.165, 1.54) is 12.0 Å². The Hall–Kier alpha value is -4.37. The number of cyclic esters (lactones) is 1. The van der Waals surface area contributed by atoms with Gasteiger partial charge in [0.25, 0.3) is 5.91 Å². The molecule has 0 aliphatic carbocycles. The lowest BCUT2D eigenvalue weighted by Gasteiger charge is -2.25. The van der Waals surface area contributed by atoms with Crippen molar-refractivity contribution in [2.45, 2.75) is 44.6 Å². The molecule has 2 N–H and O–H groups in total. The van der Waals surface area contributed by atoms with Gasteiger partial charge in [-0.05, 0) is 55.2 Å². The Morgan fingerprint density at radius 2 is 1.85 bits per heavy atom. The summed E-state index contributed by atoms with van der Waals surface area (Å²) >= 11 is 0. The summed E-state index contributed by atoms with van der Waals surface area (Å²) < 4.78 is 16.8. The number of carbonyl (C=O) groups excluding carboxylic acids is 3. The number of carbonyl (C=O) groups is 3. The predicted molar refractivity (Wildman–Crippen MR) is 149 cm³/mol. The Morgan fingerprint density at radius 3 is 2.60 bits per heavy atom. The Balaban J connectivity index is 1.39. The molecule has 3 aromatic rings. The van der Waals surface area contributed by atoms with Crippen LogP contribution in [0.5, 0.6) is 5.75 Å². The molecule has 2 heterocycles. The molecule has 0 radical (unpaired) electrons. The molecule has 0 spiro atoms. The first-order valence-electron chi connectivity index (χ1n) is 13.4. The maximum absolute atomic E-state index is 13.6. The first-order chi connectivity index (χ1) is 19.4. The molecular formula is C31H33N3O6. The number of rotatable bonds is 9. The Labute approximate surface area is 233 Å². The lowest BCUT2D eigenvalue weighted by atomic mass is 9.99. The van der Waals surface area contributed by atoms with E-state index in [1.54, 1.807) is 48.5 Å². The third-order valence-electron chi connectivity index (χ3n) is 7.18. The van der Waals surface area contributed by atoms with Crippen LogP contribution in [-0.2, 0) is 20.8 Å². The molecule has 3 unspecified atom stereocenters. The van der Waals surface area contributed by atoms with Crippen LogP contribution in [0, 0.1) is 6.92 Å². The molecule has 40 heavy (non-hydrogen) atoms. The molecule has 9 nitrogen and oxygen atoms in total. The number of aryl methyl sites for hydroxylation is 1. The van der Waals surface area contributed by atoms with Crippen molar-refractivity contribution in [3.8, 4) is 5.75 Å². The van der Waals surface area contributed by atoms with Gasteiger partial charge in [0.2, 0.25) is 5.91 Å². The molecule has 9 heteroatoms. The van der Waals surface area contributed by atoms with Crippen LogP contribution >= 0.6 is 0 Å². The Bertz CT molecular complexity index is 1370. The van der Waals surface area contributed by atoms with Crippen molar-refractivity contribution in [3.63, 3.8) is 0 Å². The van der Waals surface area contributed by atoms with E-state index in [2.05, 4.69) is 10.6 Å². The molecule has 0 saturated carbocycles. The average Bonchev–Trinajstić information content (AvgIpc) is 3.61. The number of anilines is 1. The van der Waals surface area contributed by atoms with Gasteiger partial charge in [0.05, 0.1) is 25.3 Å². The zero-order chi connectivity index (χ0) is 28.1. The van der Waals surface area contributed by atoms with Crippen molar-refractivity contribution in [1.82, 2.24) is 10.2 Å². The third kappa shape index (κ3) is 6.10. The van der Waals surface area contributed by atoms with Crippen LogP contribution < -0.4 is 15.4 Å². The minimum atomic E-state index is -0.907. The van der Waals surface area contributed by atoms with Crippen molar-refractivity contribution in [2.75, 3.05) is 25.6 Å². The van der Waals surface area contributed by atoms with E-state index in [1.807, 2.05) is 31.2 Å². The summed E-state index contributed by atoms with van der Waals surface area (Å²) in [6.07, 6.45) is 0.350. The third-order valence-corrected chi connectivity index (χ3v) is 7.18. The van der Waals surface area contributed by atoms with E-state index in [0.717, 1.165) is 24.0 Å². The van der Waals surface area contributed by atoms with Crippen LogP contribution in [0.4, 0.5) is 10.5 Å². The number of nitrogens with one attached hydrogen (secondary N) is 2. The fraction of sp³-hybridized carbons (Fsp3) is 0.323. The fourth-order valence-electron chi connectivity index (χ4n) is 5.05. The first kappa shape index (κ1) is 27.2.